The lowest BCUT2D eigenvalue weighted by Gasteiger charge is -2.18. The average Bonchev–Trinajstić information content (AvgIpc) is 2.82. The van der Waals surface area contributed by atoms with Crippen LogP contribution in [0.2, 0.25) is 0 Å². The highest BCUT2D eigenvalue weighted by Crippen LogP contribution is 2.29. The van der Waals surface area contributed by atoms with Crippen LogP contribution < -0.4 is 20.7 Å². The first kappa shape index (κ1) is 25.2. The minimum absolute atomic E-state index is 0.152. The van der Waals surface area contributed by atoms with E-state index >= 15 is 0 Å². The van der Waals surface area contributed by atoms with Crippen LogP contribution in [0.3, 0.4) is 0 Å². The number of rotatable bonds is 10. The van der Waals surface area contributed by atoms with Gasteiger partial charge in [-0.1, -0.05) is 19.9 Å². The Morgan fingerprint density at radius 1 is 1.15 bits per heavy atom. The van der Waals surface area contributed by atoms with Gasteiger partial charge >= 0.3 is 0 Å². The van der Waals surface area contributed by atoms with Gasteiger partial charge < -0.3 is 19.5 Å². The van der Waals surface area contributed by atoms with Crippen molar-refractivity contribution in [3.05, 3.63) is 53.6 Å². The second-order valence-electron chi connectivity index (χ2n) is 8.22. The smallest absolute Gasteiger partial charge is 0.257 e. The van der Waals surface area contributed by atoms with Gasteiger partial charge in [0.15, 0.2) is 0 Å². The Labute approximate surface area is 199 Å². The van der Waals surface area contributed by atoms with Gasteiger partial charge in [0.2, 0.25) is 11.9 Å². The molecule has 9 heteroatoms. The maximum atomic E-state index is 12.7. The van der Waals surface area contributed by atoms with E-state index in [-0.39, 0.29) is 29.8 Å². The second kappa shape index (κ2) is 12.2. The summed E-state index contributed by atoms with van der Waals surface area (Å²) in [4.78, 5) is 28.4. The molecular weight excluding hydrogens is 436 g/mol. The monoisotopic (exact) mass is 468 g/mol. The number of benzene rings is 2. The van der Waals surface area contributed by atoms with Crippen molar-refractivity contribution in [2.24, 2.45) is 4.99 Å². The molecule has 3 N–H and O–H groups in total. The molecule has 0 radical (unpaired) electrons. The molecule has 3 rings (SSSR count). The number of amides is 2. The Morgan fingerprint density at radius 2 is 1.97 bits per heavy atom. The van der Waals surface area contributed by atoms with E-state index in [9.17, 15) is 9.59 Å². The predicted octanol–water partition coefficient (Wildman–Crippen LogP) is 3.20. The van der Waals surface area contributed by atoms with Crippen LogP contribution in [-0.2, 0) is 14.3 Å². The molecule has 0 fully saturated rings. The number of ether oxygens (including phenoxy) is 3. The average molecular weight is 469 g/mol. The lowest BCUT2D eigenvalue weighted by molar-refractivity contribution is -0.119. The molecule has 1 atom stereocenters. The van der Waals surface area contributed by atoms with Crippen LogP contribution in [0, 0.1) is 0 Å². The van der Waals surface area contributed by atoms with Crippen LogP contribution in [-0.4, -0.2) is 57.9 Å². The van der Waals surface area contributed by atoms with Crippen LogP contribution in [0.5, 0.6) is 5.75 Å². The van der Waals surface area contributed by atoms with Crippen molar-refractivity contribution in [1.29, 1.82) is 0 Å². The van der Waals surface area contributed by atoms with Crippen LogP contribution in [0.25, 0.3) is 0 Å². The van der Waals surface area contributed by atoms with Crippen molar-refractivity contribution in [2.45, 2.75) is 32.3 Å². The van der Waals surface area contributed by atoms with E-state index < -0.39 is 0 Å². The number of nitrogens with zero attached hydrogens (tertiary/aromatic N) is 1. The number of aliphatic imine (C=N–C) groups is 1. The number of hydrogen-bond acceptors (Lipinski definition) is 7. The van der Waals surface area contributed by atoms with Crippen molar-refractivity contribution in [3.63, 3.8) is 0 Å². The van der Waals surface area contributed by atoms with Gasteiger partial charge in [-0.3, -0.25) is 25.2 Å². The minimum Gasteiger partial charge on any atom is -0.491 e. The maximum absolute atomic E-state index is 12.7. The summed E-state index contributed by atoms with van der Waals surface area (Å²) in [5.74, 6) is 0.579. The first-order chi connectivity index (χ1) is 16.4. The molecule has 1 aliphatic heterocycles. The van der Waals surface area contributed by atoms with Crippen LogP contribution in [0.15, 0.2) is 47.5 Å². The van der Waals surface area contributed by atoms with Crippen molar-refractivity contribution in [1.82, 2.24) is 10.6 Å². The molecule has 182 valence electrons. The number of carbonyl (C=O) groups excluding carboxylic acids is 2. The fourth-order valence-electron chi connectivity index (χ4n) is 3.43. The molecule has 0 bridgehead atoms. The molecule has 0 aromatic heterocycles. The molecule has 2 aromatic carbocycles. The lowest BCUT2D eigenvalue weighted by Crippen LogP contribution is -2.46. The van der Waals surface area contributed by atoms with Crippen LogP contribution >= 0.6 is 0 Å². The highest BCUT2D eigenvalue weighted by molar-refractivity contribution is 6.10. The molecule has 0 saturated heterocycles. The van der Waals surface area contributed by atoms with Gasteiger partial charge in [0.05, 0.1) is 13.2 Å². The van der Waals surface area contributed by atoms with E-state index in [2.05, 4.69) is 34.8 Å². The Kier molecular flexibility index (Phi) is 9.00. The third-order valence-electron chi connectivity index (χ3n) is 5.27. The summed E-state index contributed by atoms with van der Waals surface area (Å²) < 4.78 is 16.3. The van der Waals surface area contributed by atoms with E-state index in [1.807, 2.05) is 36.4 Å². The number of carbonyl (C=O) groups is 2. The fraction of sp³-hybridized carbons (Fsp3) is 0.400. The SMILES string of the molecule is COCC(COc1cccc(Nc2ccc(C(=O)NC3=NCCC(=O)N3)cc2C(C)C)c1)OC. The third-order valence-corrected chi connectivity index (χ3v) is 5.27. The predicted molar refractivity (Wildman–Crippen MR) is 131 cm³/mol. The number of methoxy groups -OCH3 is 2. The number of guanidine groups is 1. The Morgan fingerprint density at radius 3 is 2.68 bits per heavy atom. The van der Waals surface area contributed by atoms with Crippen LogP contribution in [0.4, 0.5) is 11.4 Å². The summed E-state index contributed by atoms with van der Waals surface area (Å²) in [6.45, 7) is 5.32. The van der Waals surface area contributed by atoms with Gasteiger partial charge in [0.25, 0.3) is 5.91 Å². The van der Waals surface area contributed by atoms with Crippen molar-refractivity contribution in [2.75, 3.05) is 39.3 Å². The molecule has 1 heterocycles. The van der Waals surface area contributed by atoms with E-state index in [4.69, 9.17) is 14.2 Å². The van der Waals surface area contributed by atoms with E-state index in [0.29, 0.717) is 37.5 Å². The summed E-state index contributed by atoms with van der Waals surface area (Å²) in [6, 6.07) is 13.1. The molecule has 2 amide bonds. The van der Waals surface area contributed by atoms with Crippen molar-refractivity contribution in [3.8, 4) is 5.75 Å². The fourth-order valence-corrected chi connectivity index (χ4v) is 3.43. The summed E-state index contributed by atoms with van der Waals surface area (Å²) in [5, 5.41) is 8.67. The van der Waals surface area contributed by atoms with Gasteiger partial charge in [-0.15, -0.1) is 0 Å². The number of nitrogens with one attached hydrogen (secondary N) is 3. The molecule has 0 spiro atoms. The standard InChI is InChI=1S/C25H32N4O5/c1-16(2)21-12-17(24(31)29-25-26-11-10-23(30)28-25)8-9-22(21)27-18-6-5-7-19(13-18)34-15-20(33-4)14-32-3/h5-9,12-13,16,20,27H,10-11,14-15H2,1-4H3,(H2,26,28,29,30,31). The summed E-state index contributed by atoms with van der Waals surface area (Å²) in [5.41, 5.74) is 3.21. The topological polar surface area (TPSA) is 110 Å². The first-order valence-corrected chi connectivity index (χ1v) is 11.2. The second-order valence-corrected chi connectivity index (χ2v) is 8.22. The maximum Gasteiger partial charge on any atom is 0.257 e. The molecule has 2 aromatic rings. The van der Waals surface area contributed by atoms with E-state index in [1.165, 1.54) is 0 Å². The molecule has 1 aliphatic rings. The Balaban J connectivity index is 1.71. The molecule has 9 nitrogen and oxygen atoms in total. The Bertz CT molecular complexity index is 1040. The largest absolute Gasteiger partial charge is 0.491 e. The van der Waals surface area contributed by atoms with Gasteiger partial charge in [-0.2, -0.15) is 0 Å². The number of anilines is 2. The third kappa shape index (κ3) is 7.03. The van der Waals surface area contributed by atoms with Gasteiger partial charge in [-0.05, 0) is 41.8 Å². The molecule has 0 aliphatic carbocycles. The minimum atomic E-state index is -0.325. The van der Waals surface area contributed by atoms with Crippen molar-refractivity contribution >= 4 is 29.1 Å². The molecule has 0 saturated carbocycles. The lowest BCUT2D eigenvalue weighted by atomic mass is 9.98. The zero-order valence-electron chi connectivity index (χ0n) is 20.0. The summed E-state index contributed by atoms with van der Waals surface area (Å²) in [6.07, 6.45) is 0.171. The summed E-state index contributed by atoms with van der Waals surface area (Å²) >= 11 is 0. The van der Waals surface area contributed by atoms with Gasteiger partial charge in [-0.25, -0.2) is 0 Å². The molecule has 34 heavy (non-hydrogen) atoms. The highest BCUT2D eigenvalue weighted by atomic mass is 16.5. The molecular formula is C25H32N4O5. The highest BCUT2D eigenvalue weighted by Gasteiger charge is 2.17. The Hall–Kier alpha value is -3.43. The van der Waals surface area contributed by atoms with E-state index in [0.717, 1.165) is 16.9 Å². The quantitative estimate of drug-likeness (QED) is 0.494. The van der Waals surface area contributed by atoms with Crippen molar-refractivity contribution < 1.29 is 23.8 Å². The van der Waals surface area contributed by atoms with Gasteiger partial charge in [0.1, 0.15) is 18.5 Å². The zero-order chi connectivity index (χ0) is 24.5. The number of hydrogen-bond donors (Lipinski definition) is 3. The van der Waals surface area contributed by atoms with E-state index in [1.54, 1.807) is 20.3 Å². The zero-order valence-corrected chi connectivity index (χ0v) is 20.0. The van der Waals surface area contributed by atoms with Crippen LogP contribution in [0.1, 0.15) is 42.1 Å². The molecule has 1 unspecified atom stereocenters. The summed E-state index contributed by atoms with van der Waals surface area (Å²) in [7, 11) is 3.25. The van der Waals surface area contributed by atoms with Gasteiger partial charge in [0, 0.05) is 43.6 Å². The first-order valence-electron chi connectivity index (χ1n) is 11.2. The normalized spacial score (nSPS) is 14.3.